The average Bonchev–Trinajstić information content (AvgIpc) is 3.13. The van der Waals surface area contributed by atoms with Crippen molar-refractivity contribution in [1.82, 2.24) is 10.3 Å². The van der Waals surface area contributed by atoms with Gasteiger partial charge in [-0.05, 0) is 56.0 Å². The molecule has 0 spiro atoms. The van der Waals surface area contributed by atoms with Crippen molar-refractivity contribution < 1.29 is 22.3 Å². The summed E-state index contributed by atoms with van der Waals surface area (Å²) in [5, 5.41) is 0. The predicted octanol–water partition coefficient (Wildman–Crippen LogP) is 2.77. The summed E-state index contributed by atoms with van der Waals surface area (Å²) in [6.07, 6.45) is 4.37. The van der Waals surface area contributed by atoms with Crippen LogP contribution < -0.4 is 15.0 Å². The van der Waals surface area contributed by atoms with Crippen LogP contribution in [0.5, 0.6) is 5.75 Å². The lowest BCUT2D eigenvalue weighted by Crippen LogP contribution is -2.41. The van der Waals surface area contributed by atoms with Gasteiger partial charge >= 0.3 is 0 Å². The molecule has 3 rings (SSSR count). The molecule has 0 heterocycles. The minimum Gasteiger partial charge on any atom is -0.490 e. The van der Waals surface area contributed by atoms with Gasteiger partial charge < -0.3 is 4.74 Å². The molecule has 26 heavy (non-hydrogen) atoms. The van der Waals surface area contributed by atoms with E-state index in [1.165, 1.54) is 18.2 Å². The molecule has 2 N–H and O–H groups in total. The third-order valence-electron chi connectivity index (χ3n) is 4.13. The molecule has 0 bridgehead atoms. The minimum absolute atomic E-state index is 0.146. The summed E-state index contributed by atoms with van der Waals surface area (Å²) in [6.45, 7) is 0. The molecular formula is C18H19FN2O4S. The van der Waals surface area contributed by atoms with Crippen LogP contribution in [0.4, 0.5) is 4.39 Å². The summed E-state index contributed by atoms with van der Waals surface area (Å²) in [7, 11) is -4.21. The molecule has 0 radical (unpaired) electrons. The van der Waals surface area contributed by atoms with Crippen molar-refractivity contribution in [1.29, 1.82) is 0 Å². The number of hydrazine groups is 1. The van der Waals surface area contributed by atoms with Gasteiger partial charge in [-0.3, -0.25) is 10.2 Å². The number of nitrogens with one attached hydrogen (secondary N) is 2. The summed E-state index contributed by atoms with van der Waals surface area (Å²) < 4.78 is 43.6. The molecule has 8 heteroatoms. The van der Waals surface area contributed by atoms with E-state index in [-0.39, 0.29) is 11.7 Å². The maximum absolute atomic E-state index is 13.6. The normalized spacial score (nSPS) is 15.0. The molecule has 1 aliphatic carbocycles. The topological polar surface area (TPSA) is 84.5 Å². The largest absolute Gasteiger partial charge is 0.490 e. The Morgan fingerprint density at radius 2 is 1.81 bits per heavy atom. The molecule has 138 valence electrons. The average molecular weight is 378 g/mol. The number of rotatable bonds is 6. The Morgan fingerprint density at radius 1 is 1.08 bits per heavy atom. The van der Waals surface area contributed by atoms with Crippen molar-refractivity contribution in [3.63, 3.8) is 0 Å². The quantitative estimate of drug-likeness (QED) is 0.757. The third-order valence-corrected chi connectivity index (χ3v) is 5.41. The lowest BCUT2D eigenvalue weighted by Gasteiger charge is -2.14. The van der Waals surface area contributed by atoms with E-state index in [9.17, 15) is 17.6 Å². The van der Waals surface area contributed by atoms with Crippen LogP contribution in [0, 0.1) is 5.82 Å². The highest BCUT2D eigenvalue weighted by molar-refractivity contribution is 7.89. The molecule has 0 aliphatic heterocycles. The van der Waals surface area contributed by atoms with Crippen LogP contribution in [0.15, 0.2) is 53.4 Å². The molecule has 0 saturated heterocycles. The van der Waals surface area contributed by atoms with Crippen molar-refractivity contribution >= 4 is 15.9 Å². The molecule has 2 aromatic rings. The first-order valence-electron chi connectivity index (χ1n) is 8.29. The van der Waals surface area contributed by atoms with E-state index in [4.69, 9.17) is 4.74 Å². The van der Waals surface area contributed by atoms with Gasteiger partial charge in [0.15, 0.2) is 0 Å². The lowest BCUT2D eigenvalue weighted by molar-refractivity contribution is 0.0944. The van der Waals surface area contributed by atoms with Crippen molar-refractivity contribution in [2.24, 2.45) is 0 Å². The summed E-state index contributed by atoms with van der Waals surface area (Å²) in [4.78, 5) is 13.6. The first kappa shape index (κ1) is 18.3. The Balaban J connectivity index is 1.65. The minimum atomic E-state index is -4.21. The Kier molecular flexibility index (Phi) is 5.53. The van der Waals surface area contributed by atoms with Gasteiger partial charge in [0.2, 0.25) is 0 Å². The second-order valence-corrected chi connectivity index (χ2v) is 7.69. The fraction of sp³-hybridized carbons (Fsp3) is 0.278. The van der Waals surface area contributed by atoms with Gasteiger partial charge in [0.1, 0.15) is 16.5 Å². The van der Waals surface area contributed by atoms with E-state index in [0.717, 1.165) is 37.8 Å². The van der Waals surface area contributed by atoms with Crippen LogP contribution in [0.2, 0.25) is 0 Å². The van der Waals surface area contributed by atoms with Crippen LogP contribution in [-0.4, -0.2) is 20.4 Å². The molecule has 0 unspecified atom stereocenters. The van der Waals surface area contributed by atoms with Crippen molar-refractivity contribution in [3.05, 3.63) is 59.9 Å². The van der Waals surface area contributed by atoms with Gasteiger partial charge in [0.25, 0.3) is 15.9 Å². The summed E-state index contributed by atoms with van der Waals surface area (Å²) >= 11 is 0. The van der Waals surface area contributed by atoms with Crippen LogP contribution >= 0.6 is 0 Å². The standard InChI is InChI=1S/C18H19FN2O4S/c19-16-10-3-4-11-17(16)26(23,24)21-20-18(22)13-6-5-9-15(12-13)25-14-7-1-2-8-14/h3-6,9-12,14,21H,1-2,7-8H2,(H,20,22). The predicted molar refractivity (Wildman–Crippen MR) is 93.5 cm³/mol. The maximum Gasteiger partial charge on any atom is 0.266 e. The molecule has 0 atom stereocenters. The highest BCUT2D eigenvalue weighted by Crippen LogP contribution is 2.24. The number of carbonyl (C=O) groups excluding carboxylic acids is 1. The molecule has 0 aromatic heterocycles. The van der Waals surface area contributed by atoms with E-state index in [0.29, 0.717) is 5.75 Å². The smallest absolute Gasteiger partial charge is 0.266 e. The molecular weight excluding hydrogens is 359 g/mol. The molecule has 1 fully saturated rings. The number of ether oxygens (including phenoxy) is 1. The molecule has 2 aromatic carbocycles. The Labute approximate surface area is 151 Å². The Morgan fingerprint density at radius 3 is 2.54 bits per heavy atom. The van der Waals surface area contributed by atoms with Gasteiger partial charge in [-0.25, -0.2) is 12.8 Å². The van der Waals surface area contributed by atoms with Crippen LogP contribution in [0.25, 0.3) is 0 Å². The zero-order chi connectivity index (χ0) is 18.6. The SMILES string of the molecule is O=C(NNS(=O)(=O)c1ccccc1F)c1cccc(OC2CCCC2)c1. The summed E-state index contributed by atoms with van der Waals surface area (Å²) in [5.41, 5.74) is 2.32. The molecule has 1 saturated carbocycles. The number of hydrogen-bond acceptors (Lipinski definition) is 4. The number of halogens is 1. The van der Waals surface area contributed by atoms with E-state index < -0.39 is 26.6 Å². The second kappa shape index (κ2) is 7.84. The zero-order valence-electron chi connectivity index (χ0n) is 13.9. The summed E-state index contributed by atoms with van der Waals surface area (Å²) in [6, 6.07) is 11.4. The van der Waals surface area contributed by atoms with Crippen molar-refractivity contribution in [2.45, 2.75) is 36.7 Å². The second-order valence-electron chi connectivity index (χ2n) is 6.04. The van der Waals surface area contributed by atoms with Gasteiger partial charge in [0, 0.05) is 5.56 Å². The Bertz CT molecular complexity index is 896. The van der Waals surface area contributed by atoms with Gasteiger partial charge in [0.05, 0.1) is 6.10 Å². The van der Waals surface area contributed by atoms with Gasteiger partial charge in [-0.2, -0.15) is 0 Å². The van der Waals surface area contributed by atoms with E-state index in [1.54, 1.807) is 18.2 Å². The van der Waals surface area contributed by atoms with Crippen LogP contribution in [-0.2, 0) is 10.0 Å². The molecule has 6 nitrogen and oxygen atoms in total. The van der Waals surface area contributed by atoms with E-state index >= 15 is 0 Å². The third kappa shape index (κ3) is 4.39. The number of hydrogen-bond donors (Lipinski definition) is 2. The number of benzene rings is 2. The number of sulfonamides is 1. The lowest BCUT2D eigenvalue weighted by atomic mass is 10.2. The van der Waals surface area contributed by atoms with Crippen molar-refractivity contribution in [2.75, 3.05) is 0 Å². The van der Waals surface area contributed by atoms with Gasteiger partial charge in [-0.1, -0.05) is 18.2 Å². The van der Waals surface area contributed by atoms with Crippen molar-refractivity contribution in [3.8, 4) is 5.75 Å². The maximum atomic E-state index is 13.6. The highest BCUT2D eigenvalue weighted by atomic mass is 32.2. The fourth-order valence-electron chi connectivity index (χ4n) is 2.81. The summed E-state index contributed by atoms with van der Waals surface area (Å²) in [5.74, 6) is -1.01. The highest BCUT2D eigenvalue weighted by Gasteiger charge is 2.20. The monoisotopic (exact) mass is 378 g/mol. The number of amides is 1. The zero-order valence-corrected chi connectivity index (χ0v) is 14.8. The first-order chi connectivity index (χ1) is 12.5. The van der Waals surface area contributed by atoms with Crippen LogP contribution in [0.3, 0.4) is 0 Å². The van der Waals surface area contributed by atoms with E-state index in [2.05, 4.69) is 5.43 Å². The molecule has 1 aliphatic rings. The molecule has 1 amide bonds. The van der Waals surface area contributed by atoms with E-state index in [1.807, 2.05) is 4.83 Å². The number of carbonyl (C=O) groups is 1. The first-order valence-corrected chi connectivity index (χ1v) is 9.77. The van der Waals surface area contributed by atoms with Gasteiger partial charge in [-0.15, -0.1) is 4.83 Å². The Hall–Kier alpha value is -2.45. The van der Waals surface area contributed by atoms with Crippen LogP contribution in [0.1, 0.15) is 36.0 Å². The fourth-order valence-corrected chi connectivity index (χ4v) is 3.73.